The maximum absolute atomic E-state index is 12.6. The Morgan fingerprint density at radius 2 is 1.62 bits per heavy atom. The van der Waals surface area contributed by atoms with Crippen LogP contribution in [0.1, 0.15) is 46.1 Å². The predicted molar refractivity (Wildman–Crippen MR) is 115 cm³/mol. The lowest BCUT2D eigenvalue weighted by atomic mass is 9.94. The molecule has 0 aliphatic carbocycles. The van der Waals surface area contributed by atoms with Crippen LogP contribution in [-0.4, -0.2) is 47.8 Å². The van der Waals surface area contributed by atoms with E-state index in [0.717, 1.165) is 5.56 Å². The molecule has 2 rings (SSSR count). The standard InChI is InChI=1S/C23H33N3O3/c1-16(2)17(3)25-22(28)20-12-14-26(15-13-20)23(29)18(4)24-21(27)11-10-19-8-6-5-7-9-19/h5-11,16-18,20H,12-15H2,1-4H3,(H,24,27)(H,25,28)/b11-10+. The van der Waals surface area contributed by atoms with Gasteiger partial charge >= 0.3 is 0 Å². The fourth-order valence-corrected chi connectivity index (χ4v) is 3.20. The van der Waals surface area contributed by atoms with Crippen LogP contribution in [-0.2, 0) is 14.4 Å². The van der Waals surface area contributed by atoms with Crippen molar-refractivity contribution < 1.29 is 14.4 Å². The first-order valence-electron chi connectivity index (χ1n) is 10.4. The second-order valence-corrected chi connectivity index (χ2v) is 8.12. The number of amides is 3. The van der Waals surface area contributed by atoms with Crippen LogP contribution in [0, 0.1) is 11.8 Å². The summed E-state index contributed by atoms with van der Waals surface area (Å²) in [5.74, 6) is -0.00169. The highest BCUT2D eigenvalue weighted by molar-refractivity contribution is 5.95. The third-order valence-electron chi connectivity index (χ3n) is 5.50. The number of nitrogens with zero attached hydrogens (tertiary/aromatic N) is 1. The number of likely N-dealkylation sites (tertiary alicyclic amines) is 1. The Morgan fingerprint density at radius 3 is 2.21 bits per heavy atom. The summed E-state index contributed by atoms with van der Waals surface area (Å²) < 4.78 is 0. The highest BCUT2D eigenvalue weighted by Crippen LogP contribution is 2.19. The van der Waals surface area contributed by atoms with Gasteiger partial charge in [0.25, 0.3) is 0 Å². The first kappa shape index (κ1) is 22.7. The van der Waals surface area contributed by atoms with E-state index in [4.69, 9.17) is 0 Å². The maximum Gasteiger partial charge on any atom is 0.244 e. The molecule has 6 nitrogen and oxygen atoms in total. The zero-order valence-electron chi connectivity index (χ0n) is 17.9. The fourth-order valence-electron chi connectivity index (χ4n) is 3.20. The second-order valence-electron chi connectivity index (χ2n) is 8.12. The van der Waals surface area contributed by atoms with Gasteiger partial charge in [-0.15, -0.1) is 0 Å². The normalized spacial score (nSPS) is 17.2. The Hall–Kier alpha value is -2.63. The lowest BCUT2D eigenvalue weighted by Gasteiger charge is -2.33. The molecule has 2 unspecified atom stereocenters. The second kappa shape index (κ2) is 10.8. The third kappa shape index (κ3) is 7.04. The quantitative estimate of drug-likeness (QED) is 0.692. The van der Waals surface area contributed by atoms with E-state index >= 15 is 0 Å². The lowest BCUT2D eigenvalue weighted by Crippen LogP contribution is -2.51. The van der Waals surface area contributed by atoms with E-state index in [1.54, 1.807) is 17.9 Å². The van der Waals surface area contributed by atoms with Gasteiger partial charge in [-0.25, -0.2) is 0 Å². The Bertz CT molecular complexity index is 722. The number of carbonyl (C=O) groups excluding carboxylic acids is 3. The highest BCUT2D eigenvalue weighted by Gasteiger charge is 2.30. The monoisotopic (exact) mass is 399 g/mol. The van der Waals surface area contributed by atoms with Crippen molar-refractivity contribution in [3.05, 3.63) is 42.0 Å². The first-order chi connectivity index (χ1) is 13.8. The van der Waals surface area contributed by atoms with E-state index < -0.39 is 6.04 Å². The molecular weight excluding hydrogens is 366 g/mol. The van der Waals surface area contributed by atoms with Crippen LogP contribution < -0.4 is 10.6 Å². The minimum absolute atomic E-state index is 0.0565. The van der Waals surface area contributed by atoms with Gasteiger partial charge in [0.15, 0.2) is 0 Å². The van der Waals surface area contributed by atoms with Crippen molar-refractivity contribution in [3.8, 4) is 0 Å². The number of carbonyl (C=O) groups is 3. The molecule has 0 aromatic heterocycles. The minimum atomic E-state index is -0.603. The molecule has 6 heteroatoms. The van der Waals surface area contributed by atoms with Crippen LogP contribution in [0.4, 0.5) is 0 Å². The summed E-state index contributed by atoms with van der Waals surface area (Å²) in [6.45, 7) is 8.94. The molecule has 1 aromatic carbocycles. The molecule has 1 fully saturated rings. The Labute approximate surface area is 173 Å². The number of benzene rings is 1. The molecule has 0 spiro atoms. The van der Waals surface area contributed by atoms with Crippen LogP contribution in [0.15, 0.2) is 36.4 Å². The highest BCUT2D eigenvalue weighted by atomic mass is 16.2. The number of hydrogen-bond donors (Lipinski definition) is 2. The molecule has 0 saturated carbocycles. The molecule has 0 bridgehead atoms. The third-order valence-corrected chi connectivity index (χ3v) is 5.50. The average molecular weight is 400 g/mol. The smallest absolute Gasteiger partial charge is 0.244 e. The largest absolute Gasteiger partial charge is 0.353 e. The van der Waals surface area contributed by atoms with E-state index in [2.05, 4.69) is 24.5 Å². The van der Waals surface area contributed by atoms with Gasteiger partial charge in [-0.2, -0.15) is 0 Å². The summed E-state index contributed by atoms with van der Waals surface area (Å²) in [7, 11) is 0. The number of piperidine rings is 1. The van der Waals surface area contributed by atoms with Crippen LogP contribution in [0.3, 0.4) is 0 Å². The summed E-state index contributed by atoms with van der Waals surface area (Å²) in [4.78, 5) is 38.8. The molecule has 1 aliphatic heterocycles. The van der Waals surface area contributed by atoms with Crippen molar-refractivity contribution in [1.29, 1.82) is 0 Å². The van der Waals surface area contributed by atoms with E-state index in [9.17, 15) is 14.4 Å². The van der Waals surface area contributed by atoms with Crippen molar-refractivity contribution in [1.82, 2.24) is 15.5 Å². The minimum Gasteiger partial charge on any atom is -0.353 e. The lowest BCUT2D eigenvalue weighted by molar-refractivity contribution is -0.138. The average Bonchev–Trinajstić information content (AvgIpc) is 2.72. The molecule has 158 valence electrons. The summed E-state index contributed by atoms with van der Waals surface area (Å²) in [5.41, 5.74) is 0.925. The van der Waals surface area contributed by atoms with Gasteiger partial charge in [0.05, 0.1) is 0 Å². The fraction of sp³-hybridized carbons (Fsp3) is 0.522. The van der Waals surface area contributed by atoms with Gasteiger partial charge < -0.3 is 15.5 Å². The number of hydrogen-bond acceptors (Lipinski definition) is 3. The van der Waals surface area contributed by atoms with Crippen molar-refractivity contribution >= 4 is 23.8 Å². The summed E-state index contributed by atoms with van der Waals surface area (Å²) in [5, 5.41) is 5.79. The predicted octanol–water partition coefficient (Wildman–Crippen LogP) is 2.60. The maximum atomic E-state index is 12.6. The van der Waals surface area contributed by atoms with Gasteiger partial charge in [0.2, 0.25) is 17.7 Å². The zero-order valence-corrected chi connectivity index (χ0v) is 17.9. The van der Waals surface area contributed by atoms with Gasteiger partial charge in [-0.3, -0.25) is 14.4 Å². The van der Waals surface area contributed by atoms with E-state index in [0.29, 0.717) is 31.8 Å². The molecule has 29 heavy (non-hydrogen) atoms. The molecule has 3 amide bonds. The van der Waals surface area contributed by atoms with Crippen molar-refractivity contribution in [2.75, 3.05) is 13.1 Å². The summed E-state index contributed by atoms with van der Waals surface area (Å²) >= 11 is 0. The van der Waals surface area contributed by atoms with E-state index in [1.165, 1.54) is 6.08 Å². The van der Waals surface area contributed by atoms with Crippen molar-refractivity contribution in [2.45, 2.75) is 52.6 Å². The van der Waals surface area contributed by atoms with Gasteiger partial charge in [0.1, 0.15) is 6.04 Å². The number of nitrogens with one attached hydrogen (secondary N) is 2. The molecule has 2 N–H and O–H groups in total. The SMILES string of the molecule is CC(NC(=O)/C=C/c1ccccc1)C(=O)N1CCC(C(=O)NC(C)C(C)C)CC1. The molecule has 0 radical (unpaired) electrons. The van der Waals surface area contributed by atoms with Crippen molar-refractivity contribution in [3.63, 3.8) is 0 Å². The Balaban J connectivity index is 1.78. The van der Waals surface area contributed by atoms with Crippen molar-refractivity contribution in [2.24, 2.45) is 11.8 Å². The van der Waals surface area contributed by atoms with Crippen LogP contribution in [0.25, 0.3) is 6.08 Å². The van der Waals surface area contributed by atoms with Crippen LogP contribution >= 0.6 is 0 Å². The van der Waals surface area contributed by atoms with Crippen LogP contribution in [0.5, 0.6) is 0 Å². The van der Waals surface area contributed by atoms with Gasteiger partial charge in [0, 0.05) is 31.1 Å². The molecule has 1 aliphatic rings. The molecule has 1 saturated heterocycles. The van der Waals surface area contributed by atoms with E-state index in [1.807, 2.05) is 37.3 Å². The van der Waals surface area contributed by atoms with Crippen LogP contribution in [0.2, 0.25) is 0 Å². The molecular formula is C23H33N3O3. The molecule has 1 heterocycles. The topological polar surface area (TPSA) is 78.5 Å². The first-order valence-corrected chi connectivity index (χ1v) is 10.4. The summed E-state index contributed by atoms with van der Waals surface area (Å²) in [6.07, 6.45) is 4.45. The van der Waals surface area contributed by atoms with Gasteiger partial charge in [-0.1, -0.05) is 44.2 Å². The van der Waals surface area contributed by atoms with E-state index in [-0.39, 0.29) is 29.7 Å². The van der Waals surface area contributed by atoms with Gasteiger partial charge in [-0.05, 0) is 44.2 Å². The molecule has 2 atom stereocenters. The summed E-state index contributed by atoms with van der Waals surface area (Å²) in [6, 6.07) is 9.06. The Kier molecular flexibility index (Phi) is 8.43. The number of rotatable bonds is 7. The zero-order chi connectivity index (χ0) is 21.4. The Morgan fingerprint density at radius 1 is 1.00 bits per heavy atom. The molecule has 1 aromatic rings.